The van der Waals surface area contributed by atoms with Crippen LogP contribution in [-0.4, -0.2) is 19.5 Å². The molecular formula is C20H13FN6O3. The normalized spacial score (nSPS) is 9.17. The Labute approximate surface area is 170 Å². The van der Waals surface area contributed by atoms with Gasteiger partial charge in [0.2, 0.25) is 6.41 Å². The van der Waals surface area contributed by atoms with Gasteiger partial charge < -0.3 is 20.7 Å². The number of halogens is 1. The molecule has 0 aliphatic heterocycles. The monoisotopic (exact) mass is 404 g/mol. The molecule has 148 valence electrons. The van der Waals surface area contributed by atoms with Crippen molar-refractivity contribution in [1.82, 2.24) is 0 Å². The maximum absolute atomic E-state index is 15.5. The summed E-state index contributed by atoms with van der Waals surface area (Å²) in [5.41, 5.74) is -1.89. The third kappa shape index (κ3) is 4.50. The number of rotatable bonds is 7. The van der Waals surface area contributed by atoms with Gasteiger partial charge in [-0.15, -0.1) is 0 Å². The summed E-state index contributed by atoms with van der Waals surface area (Å²) in [4.78, 5) is 23.2. The van der Waals surface area contributed by atoms with E-state index < -0.39 is 28.7 Å². The number of nitriles is 3. The van der Waals surface area contributed by atoms with Crippen LogP contribution in [0.1, 0.15) is 10.4 Å². The number of methoxy groups -OCH3 is 1. The lowest BCUT2D eigenvalue weighted by molar-refractivity contribution is -0.105. The lowest BCUT2D eigenvalue weighted by Gasteiger charge is -2.18. The maximum atomic E-state index is 15.5. The number of hydrogen-bond acceptors (Lipinski definition) is 8. The van der Waals surface area contributed by atoms with Crippen LogP contribution >= 0.6 is 0 Å². The Hall–Kier alpha value is -4.88. The summed E-state index contributed by atoms with van der Waals surface area (Å²) in [6, 6.07) is 14.1. The molecule has 30 heavy (non-hydrogen) atoms. The number of para-hydroxylation sites is 1. The Morgan fingerprint density at radius 1 is 1.10 bits per heavy atom. The van der Waals surface area contributed by atoms with Crippen molar-refractivity contribution in [3.8, 4) is 18.2 Å². The van der Waals surface area contributed by atoms with Crippen LogP contribution in [0.2, 0.25) is 0 Å². The van der Waals surface area contributed by atoms with E-state index in [1.165, 1.54) is 12.1 Å². The SMILES string of the molecule is COC(=O)c1cc(NC=O)c(NC(C#N)=C(C#N)C#N)c(F)c1Nc1ccccc1. The number of ether oxygens (including phenoxy) is 1. The number of allylic oxidation sites excluding steroid dienone is 2. The van der Waals surface area contributed by atoms with Crippen molar-refractivity contribution >= 4 is 35.1 Å². The van der Waals surface area contributed by atoms with Crippen LogP contribution in [0.4, 0.5) is 27.1 Å². The standard InChI is InChI=1S/C20H13FN6O3/c1-30-20(29)14-7-15(25-11-28)19(27-16(10-24)12(8-22)9-23)17(21)18(14)26-13-5-3-2-4-6-13/h2-7,11,26-27H,1H3,(H,25,28). The van der Waals surface area contributed by atoms with Gasteiger partial charge in [0.1, 0.15) is 29.6 Å². The minimum Gasteiger partial charge on any atom is -0.465 e. The number of esters is 1. The molecule has 0 bridgehead atoms. The highest BCUT2D eigenvalue weighted by atomic mass is 19.1. The van der Waals surface area contributed by atoms with Crippen molar-refractivity contribution in [2.45, 2.75) is 0 Å². The Kier molecular flexibility index (Phi) is 7.06. The Morgan fingerprint density at radius 2 is 1.77 bits per heavy atom. The second-order valence-electron chi connectivity index (χ2n) is 5.49. The van der Waals surface area contributed by atoms with E-state index in [1.54, 1.807) is 36.4 Å². The van der Waals surface area contributed by atoms with Crippen LogP contribution < -0.4 is 16.0 Å². The molecule has 0 unspecified atom stereocenters. The quantitative estimate of drug-likeness (QED) is 0.362. The predicted molar refractivity (Wildman–Crippen MR) is 105 cm³/mol. The molecule has 10 heteroatoms. The third-order valence-electron chi connectivity index (χ3n) is 3.76. The minimum atomic E-state index is -1.06. The highest BCUT2D eigenvalue weighted by Gasteiger charge is 2.24. The topological polar surface area (TPSA) is 151 Å². The molecule has 0 aromatic heterocycles. The van der Waals surface area contributed by atoms with Crippen LogP contribution in [0.5, 0.6) is 0 Å². The van der Waals surface area contributed by atoms with Crippen molar-refractivity contribution in [2.75, 3.05) is 23.1 Å². The Bertz CT molecular complexity index is 1120. The van der Waals surface area contributed by atoms with Gasteiger partial charge in [0.25, 0.3) is 0 Å². The summed E-state index contributed by atoms with van der Waals surface area (Å²) < 4.78 is 20.2. The molecule has 2 aromatic carbocycles. The van der Waals surface area contributed by atoms with Crippen molar-refractivity contribution in [3.05, 3.63) is 59.0 Å². The van der Waals surface area contributed by atoms with Crippen LogP contribution in [0.15, 0.2) is 47.7 Å². The average molecular weight is 404 g/mol. The zero-order valence-electron chi connectivity index (χ0n) is 15.5. The van der Waals surface area contributed by atoms with Gasteiger partial charge in [0, 0.05) is 5.69 Å². The van der Waals surface area contributed by atoms with Gasteiger partial charge in [-0.25, -0.2) is 9.18 Å². The molecule has 0 aliphatic rings. The first-order valence-electron chi connectivity index (χ1n) is 8.19. The molecule has 0 saturated carbocycles. The van der Waals surface area contributed by atoms with Crippen LogP contribution in [-0.2, 0) is 9.53 Å². The Balaban J connectivity index is 2.76. The molecule has 0 radical (unpaired) electrons. The maximum Gasteiger partial charge on any atom is 0.340 e. The van der Waals surface area contributed by atoms with Crippen LogP contribution in [0.3, 0.4) is 0 Å². The van der Waals surface area contributed by atoms with Crippen molar-refractivity contribution in [2.24, 2.45) is 0 Å². The van der Waals surface area contributed by atoms with Gasteiger partial charge in [-0.3, -0.25) is 4.79 Å². The lowest BCUT2D eigenvalue weighted by Crippen LogP contribution is -2.13. The van der Waals surface area contributed by atoms with E-state index >= 15 is 4.39 Å². The van der Waals surface area contributed by atoms with Gasteiger partial charge in [-0.1, -0.05) is 18.2 Å². The van der Waals surface area contributed by atoms with Gasteiger partial charge in [-0.05, 0) is 18.2 Å². The molecule has 1 amide bonds. The molecule has 0 spiro atoms. The fourth-order valence-electron chi connectivity index (χ4n) is 2.42. The summed E-state index contributed by atoms with van der Waals surface area (Å²) in [5, 5.41) is 34.5. The molecule has 0 fully saturated rings. The van der Waals surface area contributed by atoms with E-state index in [-0.39, 0.29) is 23.3 Å². The van der Waals surface area contributed by atoms with E-state index in [0.29, 0.717) is 5.69 Å². The van der Waals surface area contributed by atoms with Crippen LogP contribution in [0.25, 0.3) is 0 Å². The molecule has 2 rings (SSSR count). The highest BCUT2D eigenvalue weighted by molar-refractivity contribution is 6.01. The number of nitrogens with one attached hydrogen (secondary N) is 3. The fourth-order valence-corrected chi connectivity index (χ4v) is 2.42. The second kappa shape index (κ2) is 9.88. The number of carbonyl (C=O) groups excluding carboxylic acids is 2. The summed E-state index contributed by atoms with van der Waals surface area (Å²) in [6.07, 6.45) is 0.233. The predicted octanol–water partition coefficient (Wildman–Crippen LogP) is 3.16. The molecule has 0 aliphatic carbocycles. The number of anilines is 4. The third-order valence-corrected chi connectivity index (χ3v) is 3.76. The van der Waals surface area contributed by atoms with E-state index in [0.717, 1.165) is 13.2 Å². The first-order chi connectivity index (χ1) is 14.5. The molecule has 0 heterocycles. The Morgan fingerprint density at radius 3 is 2.30 bits per heavy atom. The van der Waals surface area contributed by atoms with Gasteiger partial charge in [0.05, 0.1) is 24.0 Å². The largest absolute Gasteiger partial charge is 0.465 e. The highest BCUT2D eigenvalue weighted by Crippen LogP contribution is 2.37. The molecule has 0 saturated heterocycles. The summed E-state index contributed by atoms with van der Waals surface area (Å²) >= 11 is 0. The second-order valence-corrected chi connectivity index (χ2v) is 5.49. The van der Waals surface area contributed by atoms with Gasteiger partial charge >= 0.3 is 5.97 Å². The van der Waals surface area contributed by atoms with Crippen LogP contribution in [0, 0.1) is 39.8 Å². The van der Waals surface area contributed by atoms with Crippen molar-refractivity contribution < 1.29 is 18.7 Å². The summed E-state index contributed by atoms with van der Waals surface area (Å²) in [5.74, 6) is -1.95. The van der Waals surface area contributed by atoms with Gasteiger partial charge in [0.15, 0.2) is 11.4 Å². The van der Waals surface area contributed by atoms with Crippen molar-refractivity contribution in [1.29, 1.82) is 15.8 Å². The number of carbonyl (C=O) groups is 2. The average Bonchev–Trinajstić information content (AvgIpc) is 2.77. The zero-order valence-corrected chi connectivity index (χ0v) is 15.5. The minimum absolute atomic E-state index is 0.218. The number of nitrogens with zero attached hydrogens (tertiary/aromatic N) is 3. The fraction of sp³-hybridized carbons (Fsp3) is 0.0500. The van der Waals surface area contributed by atoms with Gasteiger partial charge in [-0.2, -0.15) is 15.8 Å². The zero-order chi connectivity index (χ0) is 22.1. The van der Waals surface area contributed by atoms with E-state index in [1.807, 2.05) is 0 Å². The molecule has 9 nitrogen and oxygen atoms in total. The molecule has 0 atom stereocenters. The summed E-state index contributed by atoms with van der Waals surface area (Å²) in [6.45, 7) is 0. The van der Waals surface area contributed by atoms with E-state index in [2.05, 4.69) is 20.7 Å². The smallest absolute Gasteiger partial charge is 0.340 e. The number of benzene rings is 2. The number of amides is 1. The van der Waals surface area contributed by atoms with E-state index in [4.69, 9.17) is 10.5 Å². The molecule has 3 N–H and O–H groups in total. The first-order valence-corrected chi connectivity index (χ1v) is 8.19. The van der Waals surface area contributed by atoms with E-state index in [9.17, 15) is 14.9 Å². The summed E-state index contributed by atoms with van der Waals surface area (Å²) in [7, 11) is 1.11. The van der Waals surface area contributed by atoms with Crippen molar-refractivity contribution in [3.63, 3.8) is 0 Å². The lowest BCUT2D eigenvalue weighted by atomic mass is 10.1. The number of hydrogen-bond donors (Lipinski definition) is 3. The molecule has 2 aromatic rings. The first kappa shape index (κ1) is 21.4. The molecular weight excluding hydrogens is 391 g/mol.